The van der Waals surface area contributed by atoms with Gasteiger partial charge in [0.15, 0.2) is 0 Å². The van der Waals surface area contributed by atoms with Gasteiger partial charge in [0, 0.05) is 0 Å². The van der Waals surface area contributed by atoms with Crippen molar-refractivity contribution in [2.75, 3.05) is 10.2 Å². The first-order valence-electron chi connectivity index (χ1n) is 7.69. The van der Waals surface area contributed by atoms with Gasteiger partial charge in [-0.25, -0.2) is 14.7 Å². The summed E-state index contributed by atoms with van der Waals surface area (Å²) in [6.07, 6.45) is 1.27. The summed E-state index contributed by atoms with van der Waals surface area (Å²) >= 11 is 6.17. The summed E-state index contributed by atoms with van der Waals surface area (Å²) in [5, 5.41) is 20.6. The third kappa shape index (κ3) is 2.43. The third-order valence-electron chi connectivity index (χ3n) is 4.32. The number of anilines is 1. The Kier molecular flexibility index (Phi) is 3.87. The van der Waals surface area contributed by atoms with Crippen LogP contribution in [0.2, 0.25) is 0 Å². The summed E-state index contributed by atoms with van der Waals surface area (Å²) in [6.45, 7) is 0. The molecular weight excluding hydrogens is 360 g/mol. The quantitative estimate of drug-likeness (QED) is 0.428. The maximum absolute atomic E-state index is 12.8. The minimum absolute atomic E-state index is 0.00495. The van der Waals surface area contributed by atoms with Gasteiger partial charge in [0.05, 0.1) is 16.6 Å². The zero-order valence-electron chi connectivity index (χ0n) is 13.2. The Labute approximate surface area is 152 Å². The first-order valence-corrected chi connectivity index (χ1v) is 8.12. The minimum Gasteiger partial charge on any atom is -0.733 e. The van der Waals surface area contributed by atoms with Gasteiger partial charge in [-0.15, -0.1) is 11.6 Å². The SMILES string of the molecule is O=C1C(Cl)C(c2cccc(N([O-])O)c2)N1n1cnc2ccccc2c1=O. The lowest BCUT2D eigenvalue weighted by Crippen LogP contribution is -2.64. The van der Waals surface area contributed by atoms with E-state index in [9.17, 15) is 14.8 Å². The molecule has 0 saturated carbocycles. The van der Waals surface area contributed by atoms with Crippen LogP contribution in [-0.2, 0) is 4.79 Å². The zero-order valence-corrected chi connectivity index (χ0v) is 13.9. The van der Waals surface area contributed by atoms with E-state index in [1.54, 1.807) is 36.4 Å². The molecule has 1 N–H and O–H groups in total. The van der Waals surface area contributed by atoms with E-state index in [0.29, 0.717) is 16.5 Å². The van der Waals surface area contributed by atoms with Crippen molar-refractivity contribution in [1.82, 2.24) is 9.66 Å². The number of β-lactam (4-membered cyclic amide) rings is 1. The highest BCUT2D eigenvalue weighted by Gasteiger charge is 2.49. The Morgan fingerprint density at radius 3 is 2.69 bits per heavy atom. The van der Waals surface area contributed by atoms with Crippen LogP contribution >= 0.6 is 11.6 Å². The van der Waals surface area contributed by atoms with E-state index in [-0.39, 0.29) is 10.9 Å². The molecule has 1 aliphatic heterocycles. The molecule has 0 bridgehead atoms. The number of benzene rings is 2. The van der Waals surface area contributed by atoms with Gasteiger partial charge < -0.3 is 10.4 Å². The summed E-state index contributed by atoms with van der Waals surface area (Å²) in [4.78, 5) is 29.3. The number of carbonyl (C=O) groups excluding carboxylic acids is 1. The molecule has 1 saturated heterocycles. The van der Waals surface area contributed by atoms with Crippen molar-refractivity contribution in [3.05, 3.63) is 76.0 Å². The Morgan fingerprint density at radius 1 is 1.15 bits per heavy atom. The molecule has 1 fully saturated rings. The van der Waals surface area contributed by atoms with Gasteiger partial charge in [0.1, 0.15) is 17.7 Å². The molecule has 1 aliphatic rings. The number of halogens is 1. The number of fused-ring (bicyclic) bond motifs is 1. The monoisotopic (exact) mass is 371 g/mol. The van der Waals surface area contributed by atoms with Crippen molar-refractivity contribution >= 4 is 34.1 Å². The fourth-order valence-corrected chi connectivity index (χ4v) is 3.38. The van der Waals surface area contributed by atoms with Crippen molar-refractivity contribution in [1.29, 1.82) is 0 Å². The summed E-state index contributed by atoms with van der Waals surface area (Å²) < 4.78 is 1.12. The van der Waals surface area contributed by atoms with Gasteiger partial charge in [-0.2, -0.15) is 0 Å². The van der Waals surface area contributed by atoms with Crippen LogP contribution in [0.1, 0.15) is 11.6 Å². The van der Waals surface area contributed by atoms with E-state index in [4.69, 9.17) is 16.8 Å². The molecule has 26 heavy (non-hydrogen) atoms. The topological polar surface area (TPSA) is 102 Å². The van der Waals surface area contributed by atoms with Gasteiger partial charge in [-0.05, 0) is 29.8 Å². The van der Waals surface area contributed by atoms with Crippen molar-refractivity contribution < 1.29 is 10.0 Å². The molecular formula is C17H12ClN4O4-. The highest BCUT2D eigenvalue weighted by Crippen LogP contribution is 2.37. The molecule has 2 heterocycles. The molecule has 8 nitrogen and oxygen atoms in total. The Balaban J connectivity index is 1.81. The van der Waals surface area contributed by atoms with Gasteiger partial charge in [-0.1, -0.05) is 24.3 Å². The second-order valence-electron chi connectivity index (χ2n) is 5.81. The van der Waals surface area contributed by atoms with Crippen LogP contribution in [0.25, 0.3) is 10.9 Å². The molecule has 0 spiro atoms. The van der Waals surface area contributed by atoms with E-state index in [1.807, 2.05) is 0 Å². The largest absolute Gasteiger partial charge is 0.733 e. The molecule has 1 aromatic heterocycles. The second-order valence-corrected chi connectivity index (χ2v) is 6.28. The van der Waals surface area contributed by atoms with E-state index >= 15 is 0 Å². The lowest BCUT2D eigenvalue weighted by atomic mass is 9.95. The fraction of sp³-hybridized carbons (Fsp3) is 0.118. The first-order chi connectivity index (χ1) is 12.5. The zero-order chi connectivity index (χ0) is 18.4. The van der Waals surface area contributed by atoms with Crippen LogP contribution in [-0.4, -0.2) is 26.2 Å². The molecule has 2 aromatic carbocycles. The third-order valence-corrected chi connectivity index (χ3v) is 4.74. The van der Waals surface area contributed by atoms with Crippen LogP contribution in [0, 0.1) is 5.21 Å². The Morgan fingerprint density at radius 2 is 1.92 bits per heavy atom. The molecule has 2 unspecified atom stereocenters. The highest BCUT2D eigenvalue weighted by molar-refractivity contribution is 6.36. The number of carbonyl (C=O) groups is 1. The number of rotatable bonds is 3. The predicted octanol–water partition coefficient (Wildman–Crippen LogP) is 1.92. The molecule has 4 rings (SSSR count). The number of para-hydroxylation sites is 1. The number of hydrogen-bond acceptors (Lipinski definition) is 6. The van der Waals surface area contributed by atoms with Crippen molar-refractivity contribution in [2.24, 2.45) is 0 Å². The standard InChI is InChI=1S/C17H12ClN4O4/c18-14-15(10-4-3-5-11(8-10)22(25)26)21(17(14)24)20-9-19-13-7-2-1-6-12(13)16(20)23/h1-9,14-15,25H/q-1. The second kappa shape index (κ2) is 6.10. The van der Waals surface area contributed by atoms with Gasteiger partial charge >= 0.3 is 0 Å². The van der Waals surface area contributed by atoms with Gasteiger partial charge in [-0.3, -0.25) is 14.8 Å². The number of aromatic nitrogens is 2. The number of amides is 1. The van der Waals surface area contributed by atoms with Crippen LogP contribution in [0.5, 0.6) is 0 Å². The summed E-state index contributed by atoms with van der Waals surface area (Å²) in [7, 11) is 0. The highest BCUT2D eigenvalue weighted by atomic mass is 35.5. The minimum atomic E-state index is -0.901. The van der Waals surface area contributed by atoms with E-state index in [2.05, 4.69) is 4.98 Å². The summed E-state index contributed by atoms with van der Waals surface area (Å²) in [5.74, 6) is -0.454. The van der Waals surface area contributed by atoms with Crippen LogP contribution < -0.4 is 15.8 Å². The van der Waals surface area contributed by atoms with E-state index < -0.39 is 22.9 Å². The van der Waals surface area contributed by atoms with E-state index in [1.165, 1.54) is 23.5 Å². The van der Waals surface area contributed by atoms with Crippen molar-refractivity contribution in [3.63, 3.8) is 0 Å². The average molecular weight is 372 g/mol. The molecule has 0 radical (unpaired) electrons. The average Bonchev–Trinajstić information content (AvgIpc) is 2.66. The Hall–Kier alpha value is -2.94. The maximum Gasteiger partial charge on any atom is 0.280 e. The van der Waals surface area contributed by atoms with Gasteiger partial charge in [0.25, 0.3) is 11.5 Å². The molecule has 3 aromatic rings. The Bertz CT molecular complexity index is 1070. The number of hydrogen-bond donors (Lipinski definition) is 1. The van der Waals surface area contributed by atoms with Gasteiger partial charge in [0.2, 0.25) is 0 Å². The van der Waals surface area contributed by atoms with E-state index in [0.717, 1.165) is 4.68 Å². The maximum atomic E-state index is 12.8. The number of nitrogens with zero attached hydrogens (tertiary/aromatic N) is 4. The number of alkyl halides is 1. The van der Waals surface area contributed by atoms with Crippen LogP contribution in [0.15, 0.2) is 59.7 Å². The lowest BCUT2D eigenvalue weighted by Gasteiger charge is -2.44. The molecule has 0 aliphatic carbocycles. The summed E-state index contributed by atoms with van der Waals surface area (Å²) in [5.41, 5.74) is 0.623. The van der Waals surface area contributed by atoms with Crippen LogP contribution in [0.4, 0.5) is 5.69 Å². The molecule has 2 atom stereocenters. The molecule has 132 valence electrons. The summed E-state index contributed by atoms with van der Waals surface area (Å²) in [6, 6.07) is 12.2. The first kappa shape index (κ1) is 16.5. The predicted molar refractivity (Wildman–Crippen MR) is 95.7 cm³/mol. The molecule has 1 amide bonds. The molecule has 9 heteroatoms. The fourth-order valence-electron chi connectivity index (χ4n) is 3.03. The van der Waals surface area contributed by atoms with Crippen LogP contribution in [0.3, 0.4) is 0 Å². The van der Waals surface area contributed by atoms with Crippen molar-refractivity contribution in [2.45, 2.75) is 11.4 Å². The van der Waals surface area contributed by atoms with Crippen molar-refractivity contribution in [3.8, 4) is 0 Å². The smallest absolute Gasteiger partial charge is 0.280 e. The normalized spacial score (nSPS) is 19.5. The lowest BCUT2D eigenvalue weighted by molar-refractivity contribution is -0.126.